The molecule has 0 aliphatic carbocycles. The van der Waals surface area contributed by atoms with Crippen molar-refractivity contribution in [1.82, 2.24) is 9.80 Å². The zero-order valence-corrected chi connectivity index (χ0v) is 29.8. The lowest BCUT2D eigenvalue weighted by Crippen LogP contribution is -2.47. The SMILES string of the molecule is COc1cc2c(cc1OCCP(=O)(CCO)CCOc1cc3c(cc1OC)C(=O)N1CC(F)C[C@H]1C(S(=O)(=O)O)N3)NC[C@@H]1CC(F)CN1C2=O. The third kappa shape index (κ3) is 7.55. The minimum Gasteiger partial charge on any atom is -0.493 e. The quantitative estimate of drug-likeness (QED) is 0.172. The summed E-state index contributed by atoms with van der Waals surface area (Å²) in [5.41, 5.74) is 0.851. The second kappa shape index (κ2) is 14.6. The highest BCUT2D eigenvalue weighted by Gasteiger charge is 2.48. The van der Waals surface area contributed by atoms with Gasteiger partial charge in [-0.2, -0.15) is 8.42 Å². The summed E-state index contributed by atoms with van der Waals surface area (Å²) in [6.45, 7) is -0.436. The molecule has 0 bridgehead atoms. The second-order valence-electron chi connectivity index (χ2n) is 13.0. The number of amides is 2. The van der Waals surface area contributed by atoms with Crippen LogP contribution in [0.15, 0.2) is 24.3 Å². The van der Waals surface area contributed by atoms with Gasteiger partial charge in [-0.05, 0) is 12.1 Å². The average molecular weight is 759 g/mol. The second-order valence-corrected chi connectivity index (χ2v) is 18.0. The highest BCUT2D eigenvalue weighted by atomic mass is 32.2. The lowest BCUT2D eigenvalue weighted by molar-refractivity contribution is 0.0731. The Kier molecular flexibility index (Phi) is 10.6. The van der Waals surface area contributed by atoms with Crippen LogP contribution in [0.1, 0.15) is 33.6 Å². The van der Waals surface area contributed by atoms with Gasteiger partial charge in [-0.1, -0.05) is 0 Å². The van der Waals surface area contributed by atoms with E-state index < -0.39 is 46.9 Å². The van der Waals surface area contributed by atoms with Crippen LogP contribution in [0.2, 0.25) is 0 Å². The number of rotatable bonds is 13. The Morgan fingerprint density at radius 2 is 1.39 bits per heavy atom. The van der Waals surface area contributed by atoms with Crippen molar-refractivity contribution in [1.29, 1.82) is 0 Å². The molecule has 0 spiro atoms. The van der Waals surface area contributed by atoms with E-state index in [1.165, 1.54) is 37.3 Å². The largest absolute Gasteiger partial charge is 0.493 e. The summed E-state index contributed by atoms with van der Waals surface area (Å²) in [5, 5.41) is 13.9. The zero-order chi connectivity index (χ0) is 36.7. The van der Waals surface area contributed by atoms with Gasteiger partial charge in [0.25, 0.3) is 21.9 Å². The number of hydrogen-bond acceptors (Lipinski definition) is 12. The van der Waals surface area contributed by atoms with Gasteiger partial charge >= 0.3 is 0 Å². The molecule has 4 aliphatic heterocycles. The molecule has 0 radical (unpaired) electrons. The van der Waals surface area contributed by atoms with Gasteiger partial charge in [0.15, 0.2) is 28.4 Å². The molecule has 4 aliphatic rings. The number of carbonyl (C=O) groups excluding carboxylic acids is 2. The highest BCUT2D eigenvalue weighted by Crippen LogP contribution is 2.46. The number of ether oxygens (including phenoxy) is 4. The summed E-state index contributed by atoms with van der Waals surface area (Å²) in [6.07, 6.45) is -2.53. The van der Waals surface area contributed by atoms with E-state index >= 15 is 0 Å². The average Bonchev–Trinajstić information content (AvgIpc) is 3.60. The molecule has 4 heterocycles. The molecule has 2 amide bonds. The Morgan fingerprint density at radius 1 is 0.843 bits per heavy atom. The number of carbonyl (C=O) groups is 2. The molecule has 2 aromatic carbocycles. The minimum atomic E-state index is -4.77. The highest BCUT2D eigenvalue weighted by molar-refractivity contribution is 7.86. The molecule has 2 aromatic rings. The number of alkyl halides is 2. The van der Waals surface area contributed by atoms with Crippen LogP contribution in [0.3, 0.4) is 0 Å². The van der Waals surface area contributed by atoms with E-state index in [-0.39, 0.29) is 105 Å². The van der Waals surface area contributed by atoms with Gasteiger partial charge in [-0.15, -0.1) is 0 Å². The number of benzene rings is 2. The maximum Gasteiger partial charge on any atom is 0.288 e. The van der Waals surface area contributed by atoms with Crippen LogP contribution in [-0.4, -0.2) is 142 Å². The molecule has 0 saturated carbocycles. The molecule has 2 saturated heterocycles. The van der Waals surface area contributed by atoms with E-state index in [0.29, 0.717) is 23.5 Å². The van der Waals surface area contributed by atoms with Gasteiger partial charge in [0.05, 0.1) is 82.3 Å². The number of aliphatic hydroxyl groups is 1. The Morgan fingerprint density at radius 3 is 1.98 bits per heavy atom. The van der Waals surface area contributed by atoms with E-state index in [1.807, 2.05) is 0 Å². The Balaban J connectivity index is 1.13. The molecule has 2 fully saturated rings. The van der Waals surface area contributed by atoms with E-state index in [4.69, 9.17) is 18.9 Å². The first kappa shape index (κ1) is 36.9. The third-order valence-electron chi connectivity index (χ3n) is 9.76. The van der Waals surface area contributed by atoms with Gasteiger partial charge in [0, 0.05) is 56.6 Å². The first-order chi connectivity index (χ1) is 24.2. The fraction of sp³-hybridized carbons (Fsp3) is 0.562. The third-order valence-corrected chi connectivity index (χ3v) is 13.8. The molecular formula is C32H41F2N4O11PS. The van der Waals surface area contributed by atoms with Gasteiger partial charge < -0.3 is 49.1 Å². The predicted octanol–water partition coefficient (Wildman–Crippen LogP) is 2.69. The molecule has 19 heteroatoms. The topological polar surface area (TPSA) is 193 Å². The molecular weight excluding hydrogens is 717 g/mol. The van der Waals surface area contributed by atoms with Crippen molar-refractivity contribution in [2.24, 2.45) is 0 Å². The molecule has 6 rings (SSSR count). The summed E-state index contributed by atoms with van der Waals surface area (Å²) >= 11 is 0. The first-order valence-electron chi connectivity index (χ1n) is 16.5. The summed E-state index contributed by atoms with van der Waals surface area (Å²) in [4.78, 5) is 29.2. The van der Waals surface area contributed by atoms with E-state index in [2.05, 4.69) is 10.6 Å². The first-order valence-corrected chi connectivity index (χ1v) is 20.3. The summed E-state index contributed by atoms with van der Waals surface area (Å²) in [5.74, 6) is -0.190. The van der Waals surface area contributed by atoms with Crippen molar-refractivity contribution in [2.75, 3.05) is 82.8 Å². The lowest BCUT2D eigenvalue weighted by atomic mass is 10.1. The number of nitrogens with one attached hydrogen (secondary N) is 2. The van der Waals surface area contributed by atoms with Crippen molar-refractivity contribution in [2.45, 2.75) is 42.6 Å². The van der Waals surface area contributed by atoms with Crippen molar-refractivity contribution in [3.63, 3.8) is 0 Å². The van der Waals surface area contributed by atoms with Crippen molar-refractivity contribution in [3.05, 3.63) is 35.4 Å². The van der Waals surface area contributed by atoms with E-state index in [9.17, 15) is 41.0 Å². The van der Waals surface area contributed by atoms with E-state index in [1.54, 1.807) is 6.07 Å². The van der Waals surface area contributed by atoms with Crippen molar-refractivity contribution >= 4 is 40.4 Å². The molecule has 51 heavy (non-hydrogen) atoms. The summed E-state index contributed by atoms with van der Waals surface area (Å²) in [6, 6.07) is 4.40. The smallest absolute Gasteiger partial charge is 0.288 e. The van der Waals surface area contributed by atoms with Crippen LogP contribution in [0, 0.1) is 0 Å². The predicted molar refractivity (Wildman–Crippen MR) is 182 cm³/mol. The van der Waals surface area contributed by atoms with Crippen molar-refractivity contribution in [3.8, 4) is 23.0 Å². The summed E-state index contributed by atoms with van der Waals surface area (Å²) in [7, 11) is -5.13. The number of aliphatic hydroxyl groups excluding tert-OH is 1. The van der Waals surface area contributed by atoms with Gasteiger partial charge in [-0.3, -0.25) is 14.1 Å². The number of methoxy groups -OCH3 is 2. The van der Waals surface area contributed by atoms with Crippen LogP contribution in [0.25, 0.3) is 0 Å². The van der Waals surface area contributed by atoms with Crippen molar-refractivity contribution < 1.29 is 60.0 Å². The van der Waals surface area contributed by atoms with Gasteiger partial charge in [0.2, 0.25) is 0 Å². The number of halogens is 2. The molecule has 4 unspecified atom stereocenters. The number of anilines is 2. The van der Waals surface area contributed by atoms with E-state index in [0.717, 1.165) is 4.90 Å². The van der Waals surface area contributed by atoms with Crippen LogP contribution in [0.4, 0.5) is 20.2 Å². The fourth-order valence-electron chi connectivity index (χ4n) is 7.14. The normalized spacial score (nSPS) is 25.3. The Bertz CT molecular complexity index is 1840. The monoisotopic (exact) mass is 758 g/mol. The maximum absolute atomic E-state index is 14.3. The standard InChI is InChI=1S/C32H41F2N4O11PS/c1-46-26-11-21-23(35-15-20-9-18(33)16-37(20)31(21)40)13-28(26)48-4-7-50(42,6-3-39)8-5-49-29-14-24-22(12-27(29)47-2)32(41)38-17-19(34)10-25(38)30(36-24)51(43,44)45/h11-14,18-20,25,30,35-36,39H,3-10,15-17H2,1-2H3,(H,43,44,45)/t18?,19?,20-,25-,30?,50?/m0/s1. The zero-order valence-electron chi connectivity index (χ0n) is 28.0. The fourth-order valence-corrected chi connectivity index (χ4v) is 9.95. The van der Waals surface area contributed by atoms with Crippen LogP contribution >= 0.6 is 7.14 Å². The number of hydrogen-bond donors (Lipinski definition) is 4. The molecule has 4 N–H and O–H groups in total. The number of nitrogens with zero attached hydrogens (tertiary/aromatic N) is 2. The van der Waals surface area contributed by atoms with Gasteiger partial charge in [0.1, 0.15) is 12.3 Å². The molecule has 6 atom stereocenters. The van der Waals surface area contributed by atoms with Crippen LogP contribution < -0.4 is 29.6 Å². The molecule has 15 nitrogen and oxygen atoms in total. The minimum absolute atomic E-state index is 0.00546. The Hall–Kier alpha value is -3.86. The maximum atomic E-state index is 14.3. The van der Waals surface area contributed by atoms with Gasteiger partial charge in [-0.25, -0.2) is 8.78 Å². The van der Waals surface area contributed by atoms with Crippen LogP contribution in [0.5, 0.6) is 23.0 Å². The lowest BCUT2D eigenvalue weighted by Gasteiger charge is -2.26. The van der Waals surface area contributed by atoms with Crippen LogP contribution in [-0.2, 0) is 14.7 Å². The molecule has 0 aromatic heterocycles. The number of fused-ring (bicyclic) bond motifs is 4. The molecule has 280 valence electrons. The summed E-state index contributed by atoms with van der Waals surface area (Å²) < 4.78 is 99.5. The Labute approximate surface area is 293 Å².